The van der Waals surface area contributed by atoms with Gasteiger partial charge in [0.1, 0.15) is 4.90 Å². The number of amides is 1. The number of nitrogens with two attached hydrogens (primary N) is 2. The van der Waals surface area contributed by atoms with Gasteiger partial charge in [0.2, 0.25) is 25.8 Å². The second kappa shape index (κ2) is 9.42. The average Bonchev–Trinajstić information content (AvgIpc) is 2.77. The van der Waals surface area contributed by atoms with Crippen LogP contribution in [0.3, 0.4) is 0 Å². The number of benzene rings is 2. The molecule has 0 saturated heterocycles. The van der Waals surface area contributed by atoms with E-state index in [0.717, 1.165) is 44.2 Å². The first kappa shape index (κ1) is 23.9. The van der Waals surface area contributed by atoms with Crippen molar-refractivity contribution in [3.63, 3.8) is 0 Å². The number of sulfonamides is 1. The van der Waals surface area contributed by atoms with Crippen molar-refractivity contribution >= 4 is 25.8 Å². The van der Waals surface area contributed by atoms with Crippen LogP contribution in [0.15, 0.2) is 51.1 Å². The molecule has 0 radical (unpaired) electrons. The predicted molar refractivity (Wildman–Crippen MR) is 118 cm³/mol. The minimum Gasteiger partial charge on any atom is -0.392 e. The number of sulfone groups is 1. The molecule has 3 rings (SSSR count). The van der Waals surface area contributed by atoms with Crippen LogP contribution in [0.1, 0.15) is 53.6 Å². The molecule has 1 fully saturated rings. The molecule has 0 bridgehead atoms. The maximum atomic E-state index is 13.6. The van der Waals surface area contributed by atoms with Gasteiger partial charge >= 0.3 is 0 Å². The maximum Gasteiger partial charge on any atom is 0.250 e. The van der Waals surface area contributed by atoms with Crippen LogP contribution in [-0.4, -0.2) is 27.8 Å². The van der Waals surface area contributed by atoms with E-state index >= 15 is 0 Å². The van der Waals surface area contributed by atoms with Crippen LogP contribution in [0.25, 0.3) is 0 Å². The van der Waals surface area contributed by atoms with Gasteiger partial charge in [-0.3, -0.25) is 4.79 Å². The molecule has 32 heavy (non-hydrogen) atoms. The van der Waals surface area contributed by atoms with E-state index in [1.165, 1.54) is 24.3 Å². The lowest BCUT2D eigenvalue weighted by Crippen LogP contribution is -2.22. The number of rotatable bonds is 5. The molecule has 1 saturated carbocycles. The quantitative estimate of drug-likeness (QED) is 0.557. The minimum atomic E-state index is -4.62. The summed E-state index contributed by atoms with van der Waals surface area (Å²) in [6, 6.07) is 7.44. The molecular weight excluding hydrogens is 452 g/mol. The lowest BCUT2D eigenvalue weighted by atomic mass is 9.89. The summed E-state index contributed by atoms with van der Waals surface area (Å²) in [6.45, 7) is -0.748. The van der Waals surface area contributed by atoms with Gasteiger partial charge in [0.05, 0.1) is 22.0 Å². The molecular formula is C22H24N2O6S2. The summed E-state index contributed by atoms with van der Waals surface area (Å²) in [4.78, 5) is 10.3. The number of carbonyl (C=O) groups excluding carboxylic acids is 1. The third-order valence-electron chi connectivity index (χ3n) is 5.41. The Labute approximate surface area is 187 Å². The van der Waals surface area contributed by atoms with E-state index in [4.69, 9.17) is 10.9 Å². The van der Waals surface area contributed by atoms with E-state index in [1.54, 1.807) is 0 Å². The fourth-order valence-electron chi connectivity index (χ4n) is 3.85. The van der Waals surface area contributed by atoms with Crippen LogP contribution in [-0.2, 0) is 26.5 Å². The molecule has 0 unspecified atom stereocenters. The number of aliphatic hydroxyl groups excluding tert-OH is 1. The number of hydrogen-bond acceptors (Lipinski definition) is 6. The Hall–Kier alpha value is -2.71. The summed E-state index contributed by atoms with van der Waals surface area (Å²) >= 11 is 0. The van der Waals surface area contributed by atoms with Crippen molar-refractivity contribution in [2.24, 2.45) is 16.8 Å². The minimum absolute atomic E-state index is 0.117. The zero-order valence-corrected chi connectivity index (χ0v) is 18.9. The molecule has 0 aliphatic heterocycles. The van der Waals surface area contributed by atoms with E-state index in [0.29, 0.717) is 0 Å². The predicted octanol–water partition coefficient (Wildman–Crippen LogP) is 1.69. The Bertz CT molecular complexity index is 1320. The third kappa shape index (κ3) is 4.86. The van der Waals surface area contributed by atoms with Gasteiger partial charge in [0.25, 0.3) is 0 Å². The van der Waals surface area contributed by atoms with Crippen LogP contribution >= 0.6 is 0 Å². The molecule has 1 aliphatic rings. The first-order chi connectivity index (χ1) is 15.1. The Kier molecular flexibility index (Phi) is 7.05. The van der Waals surface area contributed by atoms with E-state index < -0.39 is 47.1 Å². The monoisotopic (exact) mass is 476 g/mol. The smallest absolute Gasteiger partial charge is 0.250 e. The summed E-state index contributed by atoms with van der Waals surface area (Å²) in [5.41, 5.74) is 5.15. The van der Waals surface area contributed by atoms with Crippen LogP contribution in [0, 0.1) is 17.8 Å². The number of primary sulfonamides is 1. The second-order valence-corrected chi connectivity index (χ2v) is 11.0. The van der Waals surface area contributed by atoms with Crippen molar-refractivity contribution in [3.8, 4) is 11.8 Å². The van der Waals surface area contributed by atoms with Crippen molar-refractivity contribution in [1.29, 1.82) is 0 Å². The molecule has 1 amide bonds. The summed E-state index contributed by atoms with van der Waals surface area (Å²) in [5.74, 6) is 5.18. The Morgan fingerprint density at radius 1 is 1.00 bits per heavy atom. The molecule has 170 valence electrons. The maximum absolute atomic E-state index is 13.6. The average molecular weight is 477 g/mol. The highest BCUT2D eigenvalue weighted by Gasteiger charge is 2.32. The molecule has 2 aromatic carbocycles. The highest BCUT2D eigenvalue weighted by molar-refractivity contribution is 7.93. The second-order valence-electron chi connectivity index (χ2n) is 7.59. The molecule has 0 heterocycles. The topological polar surface area (TPSA) is 158 Å². The third-order valence-corrected chi connectivity index (χ3v) is 8.45. The first-order valence-electron chi connectivity index (χ1n) is 10.0. The highest BCUT2D eigenvalue weighted by Crippen LogP contribution is 2.33. The fourth-order valence-corrected chi connectivity index (χ4v) is 6.91. The molecule has 5 N–H and O–H groups in total. The summed E-state index contributed by atoms with van der Waals surface area (Å²) in [6.07, 6.45) is 5.16. The zero-order chi connectivity index (χ0) is 23.5. The van der Waals surface area contributed by atoms with Gasteiger partial charge in [-0.2, -0.15) is 0 Å². The van der Waals surface area contributed by atoms with Crippen LogP contribution in [0.2, 0.25) is 0 Å². The summed E-state index contributed by atoms with van der Waals surface area (Å²) in [7, 11) is -9.02. The van der Waals surface area contributed by atoms with E-state index in [1.807, 2.05) is 0 Å². The highest BCUT2D eigenvalue weighted by atomic mass is 32.2. The summed E-state index contributed by atoms with van der Waals surface area (Å²) < 4.78 is 51.2. The van der Waals surface area contributed by atoms with Crippen molar-refractivity contribution < 1.29 is 26.7 Å². The fraction of sp³-hybridized carbons (Fsp3) is 0.318. The first-order valence-corrected chi connectivity index (χ1v) is 13.1. The van der Waals surface area contributed by atoms with Gasteiger partial charge in [-0.15, -0.1) is 0 Å². The van der Waals surface area contributed by atoms with Crippen LogP contribution in [0.4, 0.5) is 0 Å². The molecule has 0 spiro atoms. The van der Waals surface area contributed by atoms with Gasteiger partial charge in [0, 0.05) is 17.0 Å². The number of carbonyl (C=O) groups is 1. The van der Waals surface area contributed by atoms with E-state index in [2.05, 4.69) is 11.8 Å². The molecule has 8 nitrogen and oxygen atoms in total. The normalized spacial score (nSPS) is 15.1. The Balaban J connectivity index is 2.27. The Morgan fingerprint density at radius 2 is 1.62 bits per heavy atom. The van der Waals surface area contributed by atoms with Gasteiger partial charge in [0.15, 0.2) is 0 Å². The lowest BCUT2D eigenvalue weighted by Gasteiger charge is -2.17. The number of primary amides is 1. The van der Waals surface area contributed by atoms with E-state index in [9.17, 15) is 26.7 Å². The van der Waals surface area contributed by atoms with E-state index in [-0.39, 0.29) is 22.6 Å². The SMILES string of the molecule is NC(=O)c1ccc(C#CC2CCCCC2)c(CO)c1S(=O)(=O)c1ccccc1S(N)(=O)=O. The largest absolute Gasteiger partial charge is 0.392 e. The van der Waals surface area contributed by atoms with Gasteiger partial charge in [-0.05, 0) is 37.1 Å². The standard InChI is InChI=1S/C22H24N2O6S2/c23-22(26)17-13-12-16(11-10-15-6-2-1-3-7-15)18(14-25)21(17)31(27,28)19-8-4-5-9-20(19)32(24,29)30/h4-5,8-9,12-13,15,25H,1-3,6-7,14H2,(H2,23,26)(H2,24,29,30). The van der Waals surface area contributed by atoms with Crippen LogP contribution < -0.4 is 10.9 Å². The Morgan fingerprint density at radius 3 is 2.19 bits per heavy atom. The molecule has 0 aromatic heterocycles. The van der Waals surface area contributed by atoms with Crippen molar-refractivity contribution in [2.75, 3.05) is 0 Å². The molecule has 10 heteroatoms. The van der Waals surface area contributed by atoms with Crippen molar-refractivity contribution in [1.82, 2.24) is 0 Å². The van der Waals surface area contributed by atoms with Gasteiger partial charge in [-0.1, -0.05) is 43.2 Å². The lowest BCUT2D eigenvalue weighted by molar-refractivity contribution is 0.0996. The zero-order valence-electron chi connectivity index (χ0n) is 17.2. The van der Waals surface area contributed by atoms with Gasteiger partial charge in [-0.25, -0.2) is 22.0 Å². The summed E-state index contributed by atoms with van der Waals surface area (Å²) in [5, 5.41) is 15.3. The van der Waals surface area contributed by atoms with Crippen molar-refractivity contribution in [3.05, 3.63) is 53.1 Å². The van der Waals surface area contributed by atoms with Crippen LogP contribution in [0.5, 0.6) is 0 Å². The number of aliphatic hydroxyl groups is 1. The van der Waals surface area contributed by atoms with Gasteiger partial charge < -0.3 is 10.8 Å². The number of hydrogen-bond donors (Lipinski definition) is 3. The molecule has 1 aliphatic carbocycles. The molecule has 2 aromatic rings. The van der Waals surface area contributed by atoms with Crippen molar-refractivity contribution in [2.45, 2.75) is 53.4 Å². The molecule has 0 atom stereocenters.